The highest BCUT2D eigenvalue weighted by molar-refractivity contribution is 5.97. The van der Waals surface area contributed by atoms with E-state index in [-0.39, 0.29) is 18.4 Å². The summed E-state index contributed by atoms with van der Waals surface area (Å²) in [4.78, 5) is 31.0. The molecule has 1 aromatic heterocycles. The lowest BCUT2D eigenvalue weighted by Gasteiger charge is -2.20. The smallest absolute Gasteiger partial charge is 0.260 e. The Morgan fingerprint density at radius 2 is 1.74 bits per heavy atom. The molecule has 1 aromatic carbocycles. The van der Waals surface area contributed by atoms with Crippen LogP contribution in [0.5, 0.6) is 5.75 Å². The number of para-hydroxylation sites is 1. The van der Waals surface area contributed by atoms with Gasteiger partial charge in [-0.3, -0.25) is 14.6 Å². The molecule has 0 unspecified atom stereocenters. The number of ether oxygens (including phenoxy) is 1. The lowest BCUT2D eigenvalue weighted by Crippen LogP contribution is -2.35. The summed E-state index contributed by atoms with van der Waals surface area (Å²) >= 11 is 0. The van der Waals surface area contributed by atoms with E-state index >= 15 is 0 Å². The van der Waals surface area contributed by atoms with Crippen molar-refractivity contribution in [3.8, 4) is 5.75 Å². The molecule has 2 aromatic rings. The zero-order valence-corrected chi connectivity index (χ0v) is 15.4. The van der Waals surface area contributed by atoms with Gasteiger partial charge in [0, 0.05) is 19.3 Å². The molecule has 0 spiro atoms. The largest absolute Gasteiger partial charge is 0.483 e. The molecule has 142 valence electrons. The molecule has 2 amide bonds. The van der Waals surface area contributed by atoms with Crippen molar-refractivity contribution < 1.29 is 14.3 Å². The molecule has 6 heteroatoms. The Labute approximate surface area is 159 Å². The molecule has 1 aliphatic rings. The summed E-state index contributed by atoms with van der Waals surface area (Å²) in [6.07, 6.45) is 6.11. The van der Waals surface area contributed by atoms with Gasteiger partial charge in [-0.05, 0) is 37.1 Å². The van der Waals surface area contributed by atoms with Gasteiger partial charge in [-0.15, -0.1) is 0 Å². The maximum absolute atomic E-state index is 12.5. The Morgan fingerprint density at radius 1 is 1.00 bits per heavy atom. The number of nitrogens with zero attached hydrogens (tertiary/aromatic N) is 2. The third-order valence-corrected chi connectivity index (χ3v) is 4.60. The fourth-order valence-electron chi connectivity index (χ4n) is 3.10. The normalized spacial score (nSPS) is 14.3. The molecule has 0 radical (unpaired) electrons. The summed E-state index contributed by atoms with van der Waals surface area (Å²) in [5.74, 6) is 0.137. The number of carbonyl (C=O) groups excluding carboxylic acids is 2. The van der Waals surface area contributed by atoms with E-state index in [1.54, 1.807) is 30.5 Å². The Bertz CT molecular complexity index is 756. The molecule has 3 rings (SSSR count). The highest BCUT2D eigenvalue weighted by Gasteiger charge is 2.18. The number of carbonyl (C=O) groups is 2. The standard InChI is InChI=1S/C21H25N3O3/c25-20(24-13-7-1-2-8-14-24)16-27-19-11-4-3-10-18(19)21(26)23-15-17-9-5-6-12-22-17/h3-6,9-12H,1-2,7-8,13-16H2,(H,23,26). The highest BCUT2D eigenvalue weighted by atomic mass is 16.5. The zero-order chi connectivity index (χ0) is 18.9. The van der Waals surface area contributed by atoms with Crippen molar-refractivity contribution in [1.29, 1.82) is 0 Å². The second-order valence-electron chi connectivity index (χ2n) is 6.58. The Kier molecular flexibility index (Phi) is 6.79. The van der Waals surface area contributed by atoms with Gasteiger partial charge in [0.05, 0.1) is 17.8 Å². The molecule has 1 saturated heterocycles. The lowest BCUT2D eigenvalue weighted by molar-refractivity contribution is -0.133. The van der Waals surface area contributed by atoms with Gasteiger partial charge in [0.25, 0.3) is 11.8 Å². The monoisotopic (exact) mass is 367 g/mol. The summed E-state index contributed by atoms with van der Waals surface area (Å²) in [7, 11) is 0. The number of hydrogen-bond donors (Lipinski definition) is 1. The molecule has 0 atom stereocenters. The van der Waals surface area contributed by atoms with Crippen LogP contribution in [-0.2, 0) is 11.3 Å². The van der Waals surface area contributed by atoms with Crippen LogP contribution < -0.4 is 10.1 Å². The molecule has 6 nitrogen and oxygen atoms in total. The summed E-state index contributed by atoms with van der Waals surface area (Å²) in [5, 5.41) is 2.84. The minimum atomic E-state index is -0.251. The molecular weight excluding hydrogens is 342 g/mol. The number of aromatic nitrogens is 1. The fourth-order valence-corrected chi connectivity index (χ4v) is 3.10. The number of likely N-dealkylation sites (tertiary alicyclic amines) is 1. The van der Waals surface area contributed by atoms with Gasteiger partial charge >= 0.3 is 0 Å². The van der Waals surface area contributed by atoms with Gasteiger partial charge in [0.2, 0.25) is 0 Å². The summed E-state index contributed by atoms with van der Waals surface area (Å²) in [5.41, 5.74) is 1.19. The number of nitrogens with one attached hydrogen (secondary N) is 1. The Hall–Kier alpha value is -2.89. The van der Waals surface area contributed by atoms with E-state index < -0.39 is 0 Å². The van der Waals surface area contributed by atoms with E-state index in [0.717, 1.165) is 31.6 Å². The van der Waals surface area contributed by atoms with Crippen LogP contribution in [-0.4, -0.2) is 41.4 Å². The molecule has 0 saturated carbocycles. The lowest BCUT2D eigenvalue weighted by atomic mass is 10.2. The summed E-state index contributed by atoms with van der Waals surface area (Å²) in [6.45, 7) is 1.86. The first-order chi connectivity index (χ1) is 13.2. The van der Waals surface area contributed by atoms with Crippen molar-refractivity contribution >= 4 is 11.8 Å². The van der Waals surface area contributed by atoms with Gasteiger partial charge in [-0.25, -0.2) is 0 Å². The van der Waals surface area contributed by atoms with E-state index in [1.807, 2.05) is 23.1 Å². The van der Waals surface area contributed by atoms with Gasteiger partial charge in [0.1, 0.15) is 5.75 Å². The van der Waals surface area contributed by atoms with Crippen LogP contribution in [0.3, 0.4) is 0 Å². The van der Waals surface area contributed by atoms with E-state index in [1.165, 1.54) is 12.8 Å². The highest BCUT2D eigenvalue weighted by Crippen LogP contribution is 2.18. The molecule has 0 aliphatic carbocycles. The number of benzene rings is 1. The SMILES string of the molecule is O=C(NCc1ccccn1)c1ccccc1OCC(=O)N1CCCCCC1. The molecule has 1 aliphatic heterocycles. The maximum Gasteiger partial charge on any atom is 0.260 e. The summed E-state index contributed by atoms with van der Waals surface area (Å²) < 4.78 is 5.70. The molecule has 27 heavy (non-hydrogen) atoms. The molecule has 2 heterocycles. The van der Waals surface area contributed by atoms with E-state index in [0.29, 0.717) is 17.9 Å². The number of hydrogen-bond acceptors (Lipinski definition) is 4. The number of amides is 2. The van der Waals surface area contributed by atoms with E-state index in [4.69, 9.17) is 4.74 Å². The third-order valence-electron chi connectivity index (χ3n) is 4.60. The fraction of sp³-hybridized carbons (Fsp3) is 0.381. The molecule has 0 bridgehead atoms. The first kappa shape index (κ1) is 18.9. The van der Waals surface area contributed by atoms with Gasteiger partial charge < -0.3 is 15.0 Å². The molecule has 1 N–H and O–H groups in total. The van der Waals surface area contributed by atoms with Crippen LogP contribution in [0, 0.1) is 0 Å². The van der Waals surface area contributed by atoms with Crippen LogP contribution in [0.15, 0.2) is 48.7 Å². The van der Waals surface area contributed by atoms with Gasteiger partial charge in [-0.1, -0.05) is 31.0 Å². The van der Waals surface area contributed by atoms with Gasteiger partial charge in [-0.2, -0.15) is 0 Å². The van der Waals surface area contributed by atoms with Crippen LogP contribution >= 0.6 is 0 Å². The third kappa shape index (κ3) is 5.54. The average Bonchev–Trinajstić information content (AvgIpc) is 3.01. The van der Waals surface area contributed by atoms with Crippen molar-refractivity contribution in [2.75, 3.05) is 19.7 Å². The Balaban J connectivity index is 1.58. The minimum Gasteiger partial charge on any atom is -0.483 e. The quantitative estimate of drug-likeness (QED) is 0.852. The number of rotatable bonds is 6. The van der Waals surface area contributed by atoms with Crippen LogP contribution in [0.25, 0.3) is 0 Å². The second-order valence-corrected chi connectivity index (χ2v) is 6.58. The zero-order valence-electron chi connectivity index (χ0n) is 15.4. The van der Waals surface area contributed by atoms with Crippen LogP contribution in [0.2, 0.25) is 0 Å². The predicted octanol–water partition coefficient (Wildman–Crippen LogP) is 2.79. The first-order valence-electron chi connectivity index (χ1n) is 9.42. The van der Waals surface area contributed by atoms with Gasteiger partial charge in [0.15, 0.2) is 6.61 Å². The van der Waals surface area contributed by atoms with Crippen LogP contribution in [0.4, 0.5) is 0 Å². The first-order valence-corrected chi connectivity index (χ1v) is 9.42. The van der Waals surface area contributed by atoms with Crippen LogP contribution in [0.1, 0.15) is 41.7 Å². The van der Waals surface area contributed by atoms with Crippen molar-refractivity contribution in [3.63, 3.8) is 0 Å². The summed E-state index contributed by atoms with van der Waals surface area (Å²) in [6, 6.07) is 12.5. The average molecular weight is 367 g/mol. The second kappa shape index (κ2) is 9.71. The molecule has 1 fully saturated rings. The minimum absolute atomic E-state index is 0.0272. The van der Waals surface area contributed by atoms with Crippen molar-refractivity contribution in [1.82, 2.24) is 15.2 Å². The van der Waals surface area contributed by atoms with Crippen molar-refractivity contribution in [2.45, 2.75) is 32.2 Å². The molecular formula is C21H25N3O3. The topological polar surface area (TPSA) is 71.5 Å². The predicted molar refractivity (Wildman–Crippen MR) is 102 cm³/mol. The van der Waals surface area contributed by atoms with Crippen molar-refractivity contribution in [3.05, 3.63) is 59.9 Å². The maximum atomic E-state index is 12.5. The number of pyridine rings is 1. The van der Waals surface area contributed by atoms with E-state index in [2.05, 4.69) is 10.3 Å². The van der Waals surface area contributed by atoms with E-state index in [9.17, 15) is 9.59 Å². The van der Waals surface area contributed by atoms with Crippen molar-refractivity contribution in [2.24, 2.45) is 0 Å². The Morgan fingerprint density at radius 3 is 2.48 bits per heavy atom.